The van der Waals surface area contributed by atoms with Crippen molar-refractivity contribution in [3.05, 3.63) is 65.2 Å². The quantitative estimate of drug-likeness (QED) is 0.534. The Bertz CT molecular complexity index is 684. The topological polar surface area (TPSA) is 54.9 Å². The molecular formula is C21H29N3O2. The number of rotatable bonds is 9. The van der Waals surface area contributed by atoms with Crippen LogP contribution in [0.3, 0.4) is 0 Å². The van der Waals surface area contributed by atoms with E-state index in [2.05, 4.69) is 52.9 Å². The van der Waals surface area contributed by atoms with E-state index in [0.29, 0.717) is 26.3 Å². The highest BCUT2D eigenvalue weighted by Gasteiger charge is 2.04. The van der Waals surface area contributed by atoms with E-state index in [1.807, 2.05) is 25.1 Å². The van der Waals surface area contributed by atoms with Crippen molar-refractivity contribution in [2.75, 3.05) is 20.3 Å². The summed E-state index contributed by atoms with van der Waals surface area (Å²) in [4.78, 5) is 4.67. The SMILES string of the molecule is CCNC(=NCc1ccc(COC)cc1)NCc1ccccc1OCC. The van der Waals surface area contributed by atoms with Gasteiger partial charge >= 0.3 is 0 Å². The van der Waals surface area contributed by atoms with Gasteiger partial charge in [-0.3, -0.25) is 0 Å². The van der Waals surface area contributed by atoms with E-state index in [0.717, 1.165) is 34.9 Å². The molecule has 140 valence electrons. The maximum Gasteiger partial charge on any atom is 0.191 e. The summed E-state index contributed by atoms with van der Waals surface area (Å²) in [5.74, 6) is 1.70. The highest BCUT2D eigenvalue weighted by atomic mass is 16.5. The second-order valence-electron chi connectivity index (χ2n) is 5.84. The molecule has 0 fully saturated rings. The number of nitrogens with zero attached hydrogens (tertiary/aromatic N) is 1. The van der Waals surface area contributed by atoms with Crippen LogP contribution in [-0.4, -0.2) is 26.2 Å². The summed E-state index contributed by atoms with van der Waals surface area (Å²) < 4.78 is 10.8. The Kier molecular flexibility index (Phi) is 8.49. The molecule has 2 N–H and O–H groups in total. The number of hydrogen-bond acceptors (Lipinski definition) is 3. The van der Waals surface area contributed by atoms with E-state index in [9.17, 15) is 0 Å². The predicted molar refractivity (Wildman–Crippen MR) is 106 cm³/mol. The van der Waals surface area contributed by atoms with Crippen LogP contribution in [0, 0.1) is 0 Å². The molecule has 0 aromatic heterocycles. The van der Waals surface area contributed by atoms with Crippen LogP contribution in [0.4, 0.5) is 0 Å². The number of nitrogens with one attached hydrogen (secondary N) is 2. The van der Waals surface area contributed by atoms with Crippen molar-refractivity contribution < 1.29 is 9.47 Å². The van der Waals surface area contributed by atoms with Gasteiger partial charge in [0.2, 0.25) is 0 Å². The summed E-state index contributed by atoms with van der Waals surface area (Å²) in [5.41, 5.74) is 3.44. The molecule has 0 aliphatic heterocycles. The lowest BCUT2D eigenvalue weighted by Crippen LogP contribution is -2.36. The molecule has 5 nitrogen and oxygen atoms in total. The normalized spacial score (nSPS) is 11.3. The van der Waals surface area contributed by atoms with Gasteiger partial charge in [0, 0.05) is 25.8 Å². The molecular weight excluding hydrogens is 326 g/mol. The average Bonchev–Trinajstić information content (AvgIpc) is 2.67. The van der Waals surface area contributed by atoms with Gasteiger partial charge in [-0.1, -0.05) is 42.5 Å². The molecule has 0 saturated carbocycles. The number of aliphatic imine (C=N–C) groups is 1. The van der Waals surface area contributed by atoms with E-state index in [4.69, 9.17) is 9.47 Å². The zero-order valence-electron chi connectivity index (χ0n) is 15.9. The first-order valence-electron chi connectivity index (χ1n) is 9.06. The summed E-state index contributed by atoms with van der Waals surface area (Å²) in [5, 5.41) is 6.66. The fourth-order valence-corrected chi connectivity index (χ4v) is 2.54. The Morgan fingerprint density at radius 3 is 2.38 bits per heavy atom. The minimum absolute atomic E-state index is 0.621. The molecule has 5 heteroatoms. The lowest BCUT2D eigenvalue weighted by atomic mass is 10.1. The van der Waals surface area contributed by atoms with Crippen molar-refractivity contribution in [3.8, 4) is 5.75 Å². The number of benzene rings is 2. The van der Waals surface area contributed by atoms with E-state index >= 15 is 0 Å². The van der Waals surface area contributed by atoms with Crippen molar-refractivity contribution >= 4 is 5.96 Å². The van der Waals surface area contributed by atoms with Crippen molar-refractivity contribution in [2.45, 2.75) is 33.5 Å². The number of guanidine groups is 1. The molecule has 2 aromatic carbocycles. The molecule has 0 atom stereocenters. The molecule has 2 rings (SSSR count). The van der Waals surface area contributed by atoms with Crippen LogP contribution in [0.25, 0.3) is 0 Å². The first kappa shape index (κ1) is 19.8. The zero-order chi connectivity index (χ0) is 18.6. The lowest BCUT2D eigenvalue weighted by Gasteiger charge is -2.14. The second kappa shape index (κ2) is 11.2. The van der Waals surface area contributed by atoms with Crippen LogP contribution < -0.4 is 15.4 Å². The van der Waals surface area contributed by atoms with E-state index in [1.165, 1.54) is 0 Å². The lowest BCUT2D eigenvalue weighted by molar-refractivity contribution is 0.185. The van der Waals surface area contributed by atoms with Crippen molar-refractivity contribution in [1.29, 1.82) is 0 Å². The Hall–Kier alpha value is -2.53. The first-order valence-corrected chi connectivity index (χ1v) is 9.06. The Morgan fingerprint density at radius 2 is 1.69 bits per heavy atom. The molecule has 0 saturated heterocycles. The van der Waals surface area contributed by atoms with Gasteiger partial charge in [-0.05, 0) is 31.0 Å². The summed E-state index contributed by atoms with van der Waals surface area (Å²) >= 11 is 0. The highest BCUT2D eigenvalue weighted by Crippen LogP contribution is 2.17. The predicted octanol–water partition coefficient (Wildman–Crippen LogP) is 3.49. The molecule has 0 radical (unpaired) electrons. The maximum atomic E-state index is 5.68. The highest BCUT2D eigenvalue weighted by molar-refractivity contribution is 5.79. The molecule has 0 bridgehead atoms. The molecule has 0 spiro atoms. The van der Waals surface area contributed by atoms with Crippen LogP contribution >= 0.6 is 0 Å². The third-order valence-corrected chi connectivity index (χ3v) is 3.82. The monoisotopic (exact) mass is 355 g/mol. The van der Waals surface area contributed by atoms with Crippen LogP contribution in [-0.2, 0) is 24.4 Å². The van der Waals surface area contributed by atoms with Crippen LogP contribution in [0.15, 0.2) is 53.5 Å². The molecule has 0 heterocycles. The molecule has 0 amide bonds. The smallest absolute Gasteiger partial charge is 0.191 e. The molecule has 26 heavy (non-hydrogen) atoms. The van der Waals surface area contributed by atoms with Gasteiger partial charge < -0.3 is 20.1 Å². The number of ether oxygens (including phenoxy) is 2. The minimum atomic E-state index is 0.621. The number of methoxy groups -OCH3 is 1. The fraction of sp³-hybridized carbons (Fsp3) is 0.381. The maximum absolute atomic E-state index is 5.68. The summed E-state index contributed by atoms with van der Waals surface area (Å²) in [6, 6.07) is 16.4. The molecule has 0 aliphatic rings. The summed E-state index contributed by atoms with van der Waals surface area (Å²) in [7, 11) is 1.70. The van der Waals surface area contributed by atoms with E-state index in [-0.39, 0.29) is 0 Å². The minimum Gasteiger partial charge on any atom is -0.494 e. The van der Waals surface area contributed by atoms with E-state index < -0.39 is 0 Å². The Morgan fingerprint density at radius 1 is 0.962 bits per heavy atom. The standard InChI is InChI=1S/C21H29N3O2/c1-4-22-21(23-14-17-10-12-18(13-11-17)16-25-3)24-15-19-8-6-7-9-20(19)26-5-2/h6-13H,4-5,14-16H2,1-3H3,(H2,22,23,24). The summed E-state index contributed by atoms with van der Waals surface area (Å²) in [6.45, 7) is 7.44. The van der Waals surface area contributed by atoms with Gasteiger partial charge in [-0.25, -0.2) is 4.99 Å². The van der Waals surface area contributed by atoms with Crippen molar-refractivity contribution in [3.63, 3.8) is 0 Å². The van der Waals surface area contributed by atoms with Crippen molar-refractivity contribution in [2.24, 2.45) is 4.99 Å². The van der Waals surface area contributed by atoms with E-state index in [1.54, 1.807) is 7.11 Å². The van der Waals surface area contributed by atoms with Gasteiger partial charge in [0.15, 0.2) is 5.96 Å². The molecule has 0 aliphatic carbocycles. The third kappa shape index (κ3) is 6.41. The second-order valence-corrected chi connectivity index (χ2v) is 5.84. The van der Waals surface area contributed by atoms with Gasteiger partial charge in [-0.15, -0.1) is 0 Å². The number of para-hydroxylation sites is 1. The average molecular weight is 355 g/mol. The molecule has 0 unspecified atom stereocenters. The molecule has 2 aromatic rings. The van der Waals surface area contributed by atoms with Gasteiger partial charge in [0.25, 0.3) is 0 Å². The van der Waals surface area contributed by atoms with Crippen LogP contribution in [0.1, 0.15) is 30.5 Å². The Balaban J connectivity index is 1.98. The largest absolute Gasteiger partial charge is 0.494 e. The summed E-state index contributed by atoms with van der Waals surface area (Å²) in [6.07, 6.45) is 0. The first-order chi connectivity index (χ1) is 12.8. The Labute approximate surface area is 156 Å². The van der Waals surface area contributed by atoms with Crippen molar-refractivity contribution in [1.82, 2.24) is 10.6 Å². The zero-order valence-corrected chi connectivity index (χ0v) is 15.9. The van der Waals surface area contributed by atoms with Gasteiger partial charge in [0.05, 0.1) is 19.8 Å². The van der Waals surface area contributed by atoms with Crippen LogP contribution in [0.5, 0.6) is 5.75 Å². The van der Waals surface area contributed by atoms with Crippen LogP contribution in [0.2, 0.25) is 0 Å². The number of hydrogen-bond donors (Lipinski definition) is 2. The third-order valence-electron chi connectivity index (χ3n) is 3.82. The fourth-order valence-electron chi connectivity index (χ4n) is 2.54. The van der Waals surface area contributed by atoms with Gasteiger partial charge in [0.1, 0.15) is 5.75 Å². The van der Waals surface area contributed by atoms with Gasteiger partial charge in [-0.2, -0.15) is 0 Å².